The minimum Gasteiger partial charge on any atom is -0.0654 e. The van der Waals surface area contributed by atoms with E-state index in [1.54, 1.807) is 0 Å². The first-order valence-electron chi connectivity index (χ1n) is 6.74. The zero-order valence-electron chi connectivity index (χ0n) is 10.9. The van der Waals surface area contributed by atoms with Crippen molar-refractivity contribution in [3.63, 3.8) is 0 Å². The van der Waals surface area contributed by atoms with Gasteiger partial charge in [0.1, 0.15) is 15.5 Å². The molecule has 0 saturated carbocycles. The van der Waals surface area contributed by atoms with Crippen molar-refractivity contribution in [1.82, 2.24) is 0 Å². The Balaban J connectivity index is 3.89. The Morgan fingerprint density at radius 3 is 1.47 bits per heavy atom. The van der Waals surface area contributed by atoms with E-state index in [4.69, 9.17) is 0 Å². The van der Waals surface area contributed by atoms with Crippen LogP contribution >= 0.6 is 21.5 Å². The average molecular weight is 296 g/mol. The number of unbranched alkanes of at least 4 members (excludes halogenated alkanes) is 4. The van der Waals surface area contributed by atoms with Gasteiger partial charge < -0.3 is 0 Å². The largest absolute Gasteiger partial charge is 0.138 e. The highest BCUT2D eigenvalue weighted by Gasteiger charge is 2.32. The number of rotatable bonds is 10. The quantitative estimate of drug-likeness (QED) is 0.337. The zero-order chi connectivity index (χ0) is 11.6. The summed E-state index contributed by atoms with van der Waals surface area (Å²) in [6.07, 6.45) is 14.2. The van der Waals surface area contributed by atoms with Crippen LogP contribution in [0.4, 0.5) is 0 Å². The summed E-state index contributed by atoms with van der Waals surface area (Å²) in [6.45, 7) is 6.92. The second kappa shape index (κ2) is 10.1. The van der Waals surface area contributed by atoms with E-state index in [0.717, 1.165) is 0 Å². The average Bonchev–Trinajstić information content (AvgIpc) is 2.24. The van der Waals surface area contributed by atoms with Crippen LogP contribution in [0, 0.1) is 0 Å². The van der Waals surface area contributed by atoms with Gasteiger partial charge >= 0.3 is 0 Å². The second-order valence-corrected chi connectivity index (χ2v) is 12.5. The van der Waals surface area contributed by atoms with Crippen LogP contribution in [0.5, 0.6) is 0 Å². The van der Waals surface area contributed by atoms with Gasteiger partial charge in [0.05, 0.1) is 24.5 Å². The minimum absolute atomic E-state index is 0.720. The van der Waals surface area contributed by atoms with Crippen molar-refractivity contribution in [1.29, 1.82) is 0 Å². The minimum atomic E-state index is -0.720. The summed E-state index contributed by atoms with van der Waals surface area (Å²) in [5.74, 6) is -0.720. The van der Waals surface area contributed by atoms with E-state index in [1.165, 1.54) is 63.4 Å². The highest BCUT2D eigenvalue weighted by Crippen LogP contribution is 2.67. The van der Waals surface area contributed by atoms with Crippen LogP contribution < -0.4 is 0 Å². The Morgan fingerprint density at radius 1 is 0.667 bits per heavy atom. The van der Waals surface area contributed by atoms with E-state index in [2.05, 4.69) is 36.3 Å². The van der Waals surface area contributed by atoms with Gasteiger partial charge in [-0.05, 0) is 19.3 Å². The van der Waals surface area contributed by atoms with Gasteiger partial charge in [-0.3, -0.25) is 0 Å². The van der Waals surface area contributed by atoms with Crippen LogP contribution in [0.1, 0.15) is 65.7 Å². The normalized spacial score (nSPS) is 12.0. The molecular formula is C13H29BrP+. The van der Waals surface area contributed by atoms with E-state index in [0.29, 0.717) is 0 Å². The molecule has 0 unspecified atom stereocenters. The SMILES string of the molecule is CCCCC[P+](Br)(CCCC)CCCC. The van der Waals surface area contributed by atoms with Crippen LogP contribution in [-0.4, -0.2) is 18.5 Å². The topological polar surface area (TPSA) is 0 Å². The van der Waals surface area contributed by atoms with E-state index >= 15 is 0 Å². The van der Waals surface area contributed by atoms with Crippen molar-refractivity contribution in [2.24, 2.45) is 0 Å². The van der Waals surface area contributed by atoms with Gasteiger partial charge in [0.25, 0.3) is 0 Å². The molecule has 0 fully saturated rings. The Bertz CT molecular complexity index is 128. The predicted molar refractivity (Wildman–Crippen MR) is 79.8 cm³/mol. The number of hydrogen-bond acceptors (Lipinski definition) is 0. The van der Waals surface area contributed by atoms with Crippen molar-refractivity contribution in [2.45, 2.75) is 65.7 Å². The third-order valence-corrected chi connectivity index (χ3v) is 9.53. The summed E-state index contributed by atoms with van der Waals surface area (Å²) >= 11 is 4.13. The number of hydrogen-bond donors (Lipinski definition) is 0. The Labute approximate surface area is 106 Å². The van der Waals surface area contributed by atoms with Crippen LogP contribution in [0.25, 0.3) is 0 Å². The van der Waals surface area contributed by atoms with Crippen LogP contribution in [0.15, 0.2) is 0 Å². The molecule has 0 nitrogen and oxygen atoms in total. The molecule has 0 saturated heterocycles. The lowest BCUT2D eigenvalue weighted by molar-refractivity contribution is 0.770. The molecule has 0 rings (SSSR count). The summed E-state index contributed by atoms with van der Waals surface area (Å²) in [5.41, 5.74) is 0. The third kappa shape index (κ3) is 8.69. The van der Waals surface area contributed by atoms with Gasteiger partial charge in [-0.2, -0.15) is 0 Å². The van der Waals surface area contributed by atoms with E-state index < -0.39 is 5.96 Å². The van der Waals surface area contributed by atoms with E-state index in [1.807, 2.05) is 0 Å². The zero-order valence-corrected chi connectivity index (χ0v) is 13.4. The molecule has 0 aliphatic carbocycles. The first-order valence-corrected chi connectivity index (χ1v) is 11.1. The molecule has 2 heteroatoms. The molecule has 0 aromatic heterocycles. The summed E-state index contributed by atoms with van der Waals surface area (Å²) < 4.78 is 0. The summed E-state index contributed by atoms with van der Waals surface area (Å²) in [7, 11) is 0. The van der Waals surface area contributed by atoms with Crippen molar-refractivity contribution in [3.8, 4) is 0 Å². The highest BCUT2D eigenvalue weighted by molar-refractivity contribution is 9.42. The molecular weight excluding hydrogens is 267 g/mol. The predicted octanol–water partition coefficient (Wildman–Crippen LogP) is 6.10. The second-order valence-electron chi connectivity index (χ2n) is 4.61. The van der Waals surface area contributed by atoms with Gasteiger partial charge in [0, 0.05) is 0 Å². The molecule has 0 aromatic carbocycles. The standard InChI is InChI=1S/C13H29BrP/c1-4-7-10-13-15(14,11-8-5-2)12-9-6-3/h4-13H2,1-3H3/q+1. The highest BCUT2D eigenvalue weighted by atomic mass is 79.9. The van der Waals surface area contributed by atoms with Crippen molar-refractivity contribution in [2.75, 3.05) is 18.5 Å². The van der Waals surface area contributed by atoms with Gasteiger partial charge in [0.2, 0.25) is 0 Å². The van der Waals surface area contributed by atoms with Gasteiger partial charge in [-0.15, -0.1) is 0 Å². The molecule has 15 heavy (non-hydrogen) atoms. The summed E-state index contributed by atoms with van der Waals surface area (Å²) in [4.78, 5) is 0. The maximum atomic E-state index is 4.13. The lowest BCUT2D eigenvalue weighted by Crippen LogP contribution is -2.02. The molecule has 0 atom stereocenters. The van der Waals surface area contributed by atoms with Crippen molar-refractivity contribution in [3.05, 3.63) is 0 Å². The molecule has 0 radical (unpaired) electrons. The maximum absolute atomic E-state index is 4.13. The Morgan fingerprint density at radius 2 is 1.07 bits per heavy atom. The molecule has 0 bridgehead atoms. The molecule has 0 aliphatic rings. The Hall–Kier alpha value is 0.910. The van der Waals surface area contributed by atoms with Crippen LogP contribution in [0.2, 0.25) is 0 Å². The molecule has 0 amide bonds. The van der Waals surface area contributed by atoms with Crippen LogP contribution in [-0.2, 0) is 0 Å². The monoisotopic (exact) mass is 295 g/mol. The third-order valence-electron chi connectivity index (χ3n) is 2.99. The number of halogens is 1. The molecule has 0 N–H and O–H groups in total. The lowest BCUT2D eigenvalue weighted by atomic mass is 10.3. The first kappa shape index (κ1) is 15.9. The van der Waals surface area contributed by atoms with Crippen molar-refractivity contribution >= 4 is 21.5 Å². The fraction of sp³-hybridized carbons (Fsp3) is 1.00. The van der Waals surface area contributed by atoms with Crippen LogP contribution in [0.3, 0.4) is 0 Å². The summed E-state index contributed by atoms with van der Waals surface area (Å²) in [5, 5.41) is 0. The van der Waals surface area contributed by atoms with E-state index in [9.17, 15) is 0 Å². The molecule has 0 heterocycles. The Kier molecular flexibility index (Phi) is 10.7. The van der Waals surface area contributed by atoms with Gasteiger partial charge in [-0.1, -0.05) is 46.5 Å². The maximum Gasteiger partial charge on any atom is 0.138 e. The van der Waals surface area contributed by atoms with Crippen molar-refractivity contribution < 1.29 is 0 Å². The lowest BCUT2D eigenvalue weighted by Gasteiger charge is -2.19. The van der Waals surface area contributed by atoms with Gasteiger partial charge in [-0.25, -0.2) is 0 Å². The molecule has 92 valence electrons. The molecule has 0 aromatic rings. The fourth-order valence-electron chi connectivity index (χ4n) is 1.86. The fourth-order valence-corrected chi connectivity index (χ4v) is 7.35. The molecule has 0 aliphatic heterocycles. The summed E-state index contributed by atoms with van der Waals surface area (Å²) in [6, 6.07) is 0. The van der Waals surface area contributed by atoms with E-state index in [-0.39, 0.29) is 0 Å². The van der Waals surface area contributed by atoms with Gasteiger partial charge in [0.15, 0.2) is 0 Å². The molecule has 0 spiro atoms. The smallest absolute Gasteiger partial charge is 0.0654 e. The first-order chi connectivity index (χ1) is 7.18.